The zero-order chi connectivity index (χ0) is 19.1. The molecule has 26 heavy (non-hydrogen) atoms. The minimum absolute atomic E-state index is 0.0748. The van der Waals surface area contributed by atoms with E-state index in [0.29, 0.717) is 12.2 Å². The maximum Gasteiger partial charge on any atom is 0.270 e. The Bertz CT molecular complexity index is 874. The average Bonchev–Trinajstić information content (AvgIpc) is 2.64. The number of likely N-dealkylation sites (N-methyl/N-ethyl adjacent to an activating group) is 1. The van der Waals surface area contributed by atoms with Gasteiger partial charge in [0.15, 0.2) is 0 Å². The second kappa shape index (κ2) is 8.69. The van der Waals surface area contributed by atoms with Gasteiger partial charge in [0.1, 0.15) is 11.8 Å². The fourth-order valence-corrected chi connectivity index (χ4v) is 2.46. The van der Waals surface area contributed by atoms with Gasteiger partial charge in [-0.05, 0) is 43.7 Å². The van der Waals surface area contributed by atoms with E-state index in [-0.39, 0.29) is 23.5 Å². The second-order valence-corrected chi connectivity index (χ2v) is 5.54. The van der Waals surface area contributed by atoms with Gasteiger partial charge in [-0.2, -0.15) is 10.4 Å². The van der Waals surface area contributed by atoms with Crippen molar-refractivity contribution in [3.05, 3.63) is 57.6 Å². The molecule has 0 saturated heterocycles. The Balaban J connectivity index is 2.28. The molecule has 0 saturated carbocycles. The van der Waals surface area contributed by atoms with Crippen LogP contribution in [0.4, 0.5) is 22.7 Å². The largest absolute Gasteiger partial charge is 0.395 e. The number of aliphatic hydroxyl groups is 1. The number of nitriles is 1. The summed E-state index contributed by atoms with van der Waals surface area (Å²) in [5.41, 5.74) is 2.71. The molecule has 0 aliphatic carbocycles. The van der Waals surface area contributed by atoms with E-state index in [0.717, 1.165) is 17.8 Å². The topological polar surface area (TPSA) is 115 Å². The summed E-state index contributed by atoms with van der Waals surface area (Å²) in [7, 11) is 0. The summed E-state index contributed by atoms with van der Waals surface area (Å²) in [6.07, 6.45) is 0. The fraction of sp³-hybridized carbons (Fsp3) is 0.278. The summed E-state index contributed by atoms with van der Waals surface area (Å²) in [4.78, 5) is 12.3. The number of rotatable bonds is 7. The van der Waals surface area contributed by atoms with E-state index >= 15 is 0 Å². The summed E-state index contributed by atoms with van der Waals surface area (Å²) >= 11 is 0. The number of nitro groups is 1. The van der Waals surface area contributed by atoms with E-state index in [9.17, 15) is 10.1 Å². The van der Waals surface area contributed by atoms with E-state index in [2.05, 4.69) is 10.2 Å². The lowest BCUT2D eigenvalue weighted by Crippen LogP contribution is -2.26. The van der Waals surface area contributed by atoms with Crippen LogP contribution in [0.5, 0.6) is 0 Å². The maximum absolute atomic E-state index is 10.8. The fourth-order valence-electron chi connectivity index (χ4n) is 2.46. The highest BCUT2D eigenvalue weighted by Crippen LogP contribution is 2.29. The second-order valence-electron chi connectivity index (χ2n) is 5.54. The van der Waals surface area contributed by atoms with Gasteiger partial charge in [0.25, 0.3) is 5.69 Å². The van der Waals surface area contributed by atoms with Crippen LogP contribution in [-0.2, 0) is 0 Å². The minimum atomic E-state index is -0.559. The molecule has 2 aromatic carbocycles. The molecule has 0 fully saturated rings. The third-order valence-corrected chi connectivity index (χ3v) is 3.87. The van der Waals surface area contributed by atoms with Crippen LogP contribution < -0.4 is 4.90 Å². The van der Waals surface area contributed by atoms with Gasteiger partial charge in [0.2, 0.25) is 0 Å². The molecule has 134 valence electrons. The van der Waals surface area contributed by atoms with Gasteiger partial charge < -0.3 is 10.0 Å². The Morgan fingerprint density at radius 2 is 1.92 bits per heavy atom. The lowest BCUT2D eigenvalue weighted by atomic mass is 10.1. The molecule has 0 atom stereocenters. The molecule has 0 aromatic heterocycles. The number of hydrogen-bond acceptors (Lipinski definition) is 7. The zero-order valence-electron chi connectivity index (χ0n) is 14.6. The van der Waals surface area contributed by atoms with Crippen molar-refractivity contribution in [1.82, 2.24) is 0 Å². The van der Waals surface area contributed by atoms with E-state index < -0.39 is 4.92 Å². The molecular formula is C18H19N5O3. The molecule has 0 bridgehead atoms. The summed E-state index contributed by atoms with van der Waals surface area (Å²) in [6, 6.07) is 11.4. The minimum Gasteiger partial charge on any atom is -0.395 e. The lowest BCUT2D eigenvalue weighted by Gasteiger charge is -2.22. The summed E-state index contributed by atoms with van der Waals surface area (Å²) in [6.45, 7) is 5.30. The standard InChI is InChI=1S/C18H19N5O3/c1-3-22(8-9-24)15-4-6-17(13(2)10-15)20-21-18-7-5-16(23(25)26)11-14(18)12-19/h4-7,10-11,24H,3,8-9H2,1-2H3. The highest BCUT2D eigenvalue weighted by molar-refractivity contribution is 5.60. The number of aryl methyl sites for hydroxylation is 1. The predicted molar refractivity (Wildman–Crippen MR) is 98.1 cm³/mol. The third kappa shape index (κ3) is 4.40. The number of azo groups is 1. The van der Waals surface area contributed by atoms with Gasteiger partial charge in [-0.1, -0.05) is 0 Å². The average molecular weight is 353 g/mol. The number of non-ortho nitro benzene ring substituents is 1. The van der Waals surface area contributed by atoms with Crippen LogP contribution in [0, 0.1) is 28.4 Å². The molecule has 8 nitrogen and oxygen atoms in total. The molecule has 0 radical (unpaired) electrons. The first-order valence-electron chi connectivity index (χ1n) is 8.07. The first-order chi connectivity index (χ1) is 12.5. The number of nitrogens with zero attached hydrogens (tertiary/aromatic N) is 5. The van der Waals surface area contributed by atoms with Crippen LogP contribution in [0.25, 0.3) is 0 Å². The van der Waals surface area contributed by atoms with E-state index in [1.807, 2.05) is 43.0 Å². The van der Waals surface area contributed by atoms with Crippen LogP contribution in [0.15, 0.2) is 46.6 Å². The number of hydrogen-bond donors (Lipinski definition) is 1. The monoisotopic (exact) mass is 353 g/mol. The highest BCUT2D eigenvalue weighted by Gasteiger charge is 2.11. The van der Waals surface area contributed by atoms with Gasteiger partial charge in [-0.15, -0.1) is 5.11 Å². The molecule has 0 spiro atoms. The smallest absolute Gasteiger partial charge is 0.270 e. The molecular weight excluding hydrogens is 334 g/mol. The normalized spacial score (nSPS) is 10.7. The molecule has 1 N–H and O–H groups in total. The molecule has 0 heterocycles. The van der Waals surface area contributed by atoms with Gasteiger partial charge in [0.05, 0.1) is 22.8 Å². The number of aliphatic hydroxyl groups excluding tert-OH is 1. The molecule has 8 heteroatoms. The van der Waals surface area contributed by atoms with Crippen LogP contribution >= 0.6 is 0 Å². The SMILES string of the molecule is CCN(CCO)c1ccc(N=Nc2ccc([N+](=O)[O-])cc2C#N)c(C)c1. The van der Waals surface area contributed by atoms with Gasteiger partial charge in [-0.3, -0.25) is 10.1 Å². The maximum atomic E-state index is 10.8. The van der Waals surface area contributed by atoms with Crippen molar-refractivity contribution in [2.24, 2.45) is 10.2 Å². The van der Waals surface area contributed by atoms with Crippen molar-refractivity contribution < 1.29 is 10.0 Å². The van der Waals surface area contributed by atoms with Gasteiger partial charge >= 0.3 is 0 Å². The Kier molecular flexibility index (Phi) is 6.36. The number of nitro benzene ring substituents is 1. The Morgan fingerprint density at radius 1 is 1.23 bits per heavy atom. The van der Waals surface area contributed by atoms with E-state index in [1.54, 1.807) is 0 Å². The molecule has 0 amide bonds. The lowest BCUT2D eigenvalue weighted by molar-refractivity contribution is -0.384. The van der Waals surface area contributed by atoms with Crippen molar-refractivity contribution in [2.45, 2.75) is 13.8 Å². The molecule has 0 aliphatic heterocycles. The quantitative estimate of drug-likeness (QED) is 0.459. The van der Waals surface area contributed by atoms with Gasteiger partial charge in [0, 0.05) is 30.9 Å². The van der Waals surface area contributed by atoms with Crippen LogP contribution in [-0.4, -0.2) is 29.7 Å². The summed E-state index contributed by atoms with van der Waals surface area (Å²) < 4.78 is 0. The van der Waals surface area contributed by atoms with Crippen LogP contribution in [0.2, 0.25) is 0 Å². The summed E-state index contributed by atoms with van der Waals surface area (Å²) in [5, 5.41) is 37.3. The van der Waals surface area contributed by atoms with Gasteiger partial charge in [-0.25, -0.2) is 0 Å². The predicted octanol–water partition coefficient (Wildman–Crippen LogP) is 4.01. The van der Waals surface area contributed by atoms with E-state index in [4.69, 9.17) is 10.4 Å². The molecule has 2 rings (SSSR count). The molecule has 0 unspecified atom stereocenters. The Hall–Kier alpha value is -3.31. The van der Waals surface area contributed by atoms with Crippen LogP contribution in [0.1, 0.15) is 18.1 Å². The zero-order valence-corrected chi connectivity index (χ0v) is 14.6. The van der Waals surface area contributed by atoms with Crippen molar-refractivity contribution in [3.8, 4) is 6.07 Å². The number of benzene rings is 2. The Labute approximate surface area is 151 Å². The van der Waals surface area contributed by atoms with Crippen LogP contribution in [0.3, 0.4) is 0 Å². The van der Waals surface area contributed by atoms with Crippen molar-refractivity contribution >= 4 is 22.7 Å². The highest BCUT2D eigenvalue weighted by atomic mass is 16.6. The van der Waals surface area contributed by atoms with Crippen molar-refractivity contribution in [3.63, 3.8) is 0 Å². The first kappa shape index (κ1) is 19.0. The summed E-state index contributed by atoms with van der Waals surface area (Å²) in [5.74, 6) is 0. The molecule has 2 aromatic rings. The van der Waals surface area contributed by atoms with Crippen molar-refractivity contribution in [1.29, 1.82) is 5.26 Å². The first-order valence-corrected chi connectivity index (χ1v) is 8.07. The number of anilines is 1. The van der Waals surface area contributed by atoms with Crippen molar-refractivity contribution in [2.75, 3.05) is 24.6 Å². The molecule has 0 aliphatic rings. The van der Waals surface area contributed by atoms with E-state index in [1.165, 1.54) is 18.2 Å². The Morgan fingerprint density at radius 3 is 2.50 bits per heavy atom. The third-order valence-electron chi connectivity index (χ3n) is 3.87.